The molecule has 2 aromatic rings. The lowest BCUT2D eigenvalue weighted by atomic mass is 10.1. The van der Waals surface area contributed by atoms with E-state index in [2.05, 4.69) is 42.2 Å². The molecule has 1 heterocycles. The largest absolute Gasteiger partial charge is 0.506 e. The van der Waals surface area contributed by atoms with Crippen molar-refractivity contribution in [3.05, 3.63) is 37.0 Å². The second-order valence-corrected chi connectivity index (χ2v) is 6.09. The summed E-state index contributed by atoms with van der Waals surface area (Å²) in [6.07, 6.45) is 0.370. The molecular formula is C13H12Br2N2O4. The van der Waals surface area contributed by atoms with E-state index in [-0.39, 0.29) is 24.5 Å². The lowest BCUT2D eigenvalue weighted by Crippen LogP contribution is -2.30. The molecule has 0 atom stereocenters. The normalized spacial score (nSPS) is 10.8. The number of fused-ring (bicyclic) bond motifs is 1. The zero-order valence-corrected chi connectivity index (χ0v) is 13.9. The Kier molecular flexibility index (Phi) is 5.02. The maximum atomic E-state index is 12.0. The zero-order valence-electron chi connectivity index (χ0n) is 10.7. The molecule has 0 aliphatic rings. The predicted molar refractivity (Wildman–Crippen MR) is 85.7 cm³/mol. The number of nitrogens with one attached hydrogen (secondary N) is 2. The number of benzene rings is 1. The van der Waals surface area contributed by atoms with Crippen LogP contribution in [0.5, 0.6) is 5.75 Å². The van der Waals surface area contributed by atoms with Gasteiger partial charge in [0.15, 0.2) is 0 Å². The number of hydrogen-bond donors (Lipinski definition) is 4. The first-order chi connectivity index (χ1) is 9.95. The third kappa shape index (κ3) is 3.28. The van der Waals surface area contributed by atoms with Crippen molar-refractivity contribution >= 4 is 48.7 Å². The van der Waals surface area contributed by atoms with Crippen LogP contribution in [0, 0.1) is 0 Å². The number of hydrogen-bond acceptors (Lipinski definition) is 4. The molecule has 1 aromatic heterocycles. The number of aliphatic hydroxyl groups is 1. The minimum atomic E-state index is -0.680. The summed E-state index contributed by atoms with van der Waals surface area (Å²) in [4.78, 5) is 26.6. The lowest BCUT2D eigenvalue weighted by molar-refractivity contribution is 0.0947. The van der Waals surface area contributed by atoms with Crippen LogP contribution in [0.1, 0.15) is 16.8 Å². The Morgan fingerprint density at radius 2 is 2.05 bits per heavy atom. The second-order valence-electron chi connectivity index (χ2n) is 4.32. The van der Waals surface area contributed by atoms with Gasteiger partial charge in [0.05, 0.1) is 5.52 Å². The van der Waals surface area contributed by atoms with Crippen molar-refractivity contribution in [1.82, 2.24) is 10.3 Å². The van der Waals surface area contributed by atoms with Gasteiger partial charge in [-0.05, 0) is 34.5 Å². The number of carbonyl (C=O) groups excluding carboxylic acids is 1. The van der Waals surface area contributed by atoms with Crippen LogP contribution in [0.2, 0.25) is 0 Å². The van der Waals surface area contributed by atoms with Crippen LogP contribution in [0.3, 0.4) is 0 Å². The number of aromatic amines is 1. The molecule has 0 unspecified atom stereocenters. The maximum Gasteiger partial charge on any atom is 0.265 e. The van der Waals surface area contributed by atoms with Crippen LogP contribution in [0.15, 0.2) is 25.9 Å². The number of amides is 1. The Hall–Kier alpha value is -1.38. The molecule has 1 amide bonds. The number of aromatic nitrogens is 1. The van der Waals surface area contributed by atoms with E-state index in [0.717, 1.165) is 0 Å². The van der Waals surface area contributed by atoms with E-state index >= 15 is 0 Å². The summed E-state index contributed by atoms with van der Waals surface area (Å²) in [5.41, 5.74) is -0.609. The summed E-state index contributed by atoms with van der Waals surface area (Å²) in [5.74, 6) is -1.06. The van der Waals surface area contributed by atoms with E-state index < -0.39 is 11.5 Å². The molecule has 1 aromatic carbocycles. The van der Waals surface area contributed by atoms with Gasteiger partial charge in [0.2, 0.25) is 0 Å². The molecule has 0 aliphatic heterocycles. The van der Waals surface area contributed by atoms with E-state index in [1.807, 2.05) is 0 Å². The van der Waals surface area contributed by atoms with Crippen LogP contribution in [-0.2, 0) is 0 Å². The molecule has 0 saturated carbocycles. The zero-order chi connectivity index (χ0) is 15.6. The molecule has 0 spiro atoms. The first-order valence-corrected chi connectivity index (χ1v) is 7.67. The second kappa shape index (κ2) is 6.59. The fourth-order valence-corrected chi connectivity index (χ4v) is 3.21. The summed E-state index contributed by atoms with van der Waals surface area (Å²) < 4.78 is 1.28. The minimum absolute atomic E-state index is 0.0692. The predicted octanol–water partition coefficient (Wildman–Crippen LogP) is 1.87. The van der Waals surface area contributed by atoms with Crippen LogP contribution in [0.4, 0.5) is 0 Å². The Morgan fingerprint density at radius 1 is 1.33 bits per heavy atom. The van der Waals surface area contributed by atoms with E-state index in [0.29, 0.717) is 26.3 Å². The number of pyridine rings is 1. The van der Waals surface area contributed by atoms with Gasteiger partial charge in [-0.1, -0.05) is 15.9 Å². The van der Waals surface area contributed by atoms with E-state index in [4.69, 9.17) is 5.11 Å². The smallest absolute Gasteiger partial charge is 0.265 e. The van der Waals surface area contributed by atoms with Crippen molar-refractivity contribution in [3.63, 3.8) is 0 Å². The van der Waals surface area contributed by atoms with E-state index in [1.54, 1.807) is 12.1 Å². The third-order valence-electron chi connectivity index (χ3n) is 2.86. The molecule has 0 fully saturated rings. The van der Waals surface area contributed by atoms with Gasteiger partial charge in [0.25, 0.3) is 11.5 Å². The van der Waals surface area contributed by atoms with Gasteiger partial charge in [0, 0.05) is 27.5 Å². The SMILES string of the molecule is O=C(NCCCO)c1c(O)c2cc(Br)cc(Br)c2[nH]c1=O. The van der Waals surface area contributed by atoms with Crippen molar-refractivity contribution in [2.75, 3.05) is 13.2 Å². The van der Waals surface area contributed by atoms with Crippen LogP contribution in [-0.4, -0.2) is 34.3 Å². The minimum Gasteiger partial charge on any atom is -0.506 e. The Bertz CT molecular complexity index is 758. The molecule has 0 aliphatic carbocycles. The van der Waals surface area contributed by atoms with E-state index in [1.165, 1.54) is 0 Å². The Balaban J connectivity index is 2.55. The van der Waals surface area contributed by atoms with Crippen molar-refractivity contribution in [3.8, 4) is 5.75 Å². The average molecular weight is 420 g/mol. The monoisotopic (exact) mass is 418 g/mol. The quantitative estimate of drug-likeness (QED) is 0.568. The molecule has 21 heavy (non-hydrogen) atoms. The van der Waals surface area contributed by atoms with Crippen molar-refractivity contribution in [1.29, 1.82) is 0 Å². The highest BCUT2D eigenvalue weighted by molar-refractivity contribution is 9.11. The third-order valence-corrected chi connectivity index (χ3v) is 3.94. The molecule has 6 nitrogen and oxygen atoms in total. The van der Waals surface area contributed by atoms with Crippen LogP contribution in [0.25, 0.3) is 10.9 Å². The van der Waals surface area contributed by atoms with E-state index in [9.17, 15) is 14.7 Å². The van der Waals surface area contributed by atoms with Gasteiger partial charge in [0.1, 0.15) is 11.3 Å². The maximum absolute atomic E-state index is 12.0. The van der Waals surface area contributed by atoms with Crippen molar-refractivity contribution < 1.29 is 15.0 Å². The number of halogens is 2. The summed E-state index contributed by atoms with van der Waals surface area (Å²) >= 11 is 6.58. The molecule has 8 heteroatoms. The Labute approximate surface area is 136 Å². The number of aromatic hydroxyl groups is 1. The molecule has 0 saturated heterocycles. The summed E-state index contributed by atoms with van der Waals surface area (Å²) in [5, 5.41) is 21.7. The fraction of sp³-hybridized carbons (Fsp3) is 0.231. The lowest BCUT2D eigenvalue weighted by Gasteiger charge is -2.09. The Morgan fingerprint density at radius 3 is 2.71 bits per heavy atom. The summed E-state index contributed by atoms with van der Waals surface area (Å²) in [6, 6.07) is 3.33. The number of H-pyrrole nitrogens is 1. The first kappa shape index (κ1) is 16.0. The van der Waals surface area contributed by atoms with Gasteiger partial charge in [-0.25, -0.2) is 0 Å². The van der Waals surface area contributed by atoms with Crippen molar-refractivity contribution in [2.45, 2.75) is 6.42 Å². The van der Waals surface area contributed by atoms with Gasteiger partial charge in [-0.3, -0.25) is 9.59 Å². The summed E-state index contributed by atoms with van der Waals surface area (Å²) in [6.45, 7) is 0.147. The highest BCUT2D eigenvalue weighted by Crippen LogP contribution is 2.32. The molecule has 112 valence electrons. The van der Waals surface area contributed by atoms with Crippen LogP contribution < -0.4 is 10.9 Å². The molecule has 2 rings (SSSR count). The average Bonchev–Trinajstić information content (AvgIpc) is 2.41. The standard InChI is InChI=1S/C13H12Br2N2O4/c14-6-4-7-10(8(15)5-6)17-13(21)9(11(7)19)12(20)16-2-1-3-18/h4-5,18H,1-3H2,(H,16,20)(H2,17,19,21). The molecule has 0 bridgehead atoms. The highest BCUT2D eigenvalue weighted by Gasteiger charge is 2.20. The van der Waals surface area contributed by atoms with Gasteiger partial charge < -0.3 is 20.5 Å². The number of carbonyl (C=O) groups is 1. The van der Waals surface area contributed by atoms with Gasteiger partial charge in [-0.2, -0.15) is 0 Å². The number of aliphatic hydroxyl groups excluding tert-OH is 1. The fourth-order valence-electron chi connectivity index (χ4n) is 1.89. The summed E-state index contributed by atoms with van der Waals surface area (Å²) in [7, 11) is 0. The van der Waals surface area contributed by atoms with Crippen molar-refractivity contribution in [2.24, 2.45) is 0 Å². The van der Waals surface area contributed by atoms with Crippen LogP contribution >= 0.6 is 31.9 Å². The molecule has 0 radical (unpaired) electrons. The number of rotatable bonds is 4. The highest BCUT2D eigenvalue weighted by atomic mass is 79.9. The topological polar surface area (TPSA) is 102 Å². The molecular weight excluding hydrogens is 408 g/mol. The molecule has 4 N–H and O–H groups in total. The van der Waals surface area contributed by atoms with Gasteiger partial charge >= 0.3 is 0 Å². The first-order valence-electron chi connectivity index (χ1n) is 6.08. The van der Waals surface area contributed by atoms with Gasteiger partial charge in [-0.15, -0.1) is 0 Å².